The molecule has 0 bridgehead atoms. The number of anilines is 1. The summed E-state index contributed by atoms with van der Waals surface area (Å²) in [5, 5.41) is 0. The second kappa shape index (κ2) is 4.09. The van der Waals surface area contributed by atoms with E-state index in [4.69, 9.17) is 12.2 Å². The maximum absolute atomic E-state index is 5.04. The van der Waals surface area contributed by atoms with Crippen LogP contribution in [0.5, 0.6) is 0 Å². The summed E-state index contributed by atoms with van der Waals surface area (Å²) in [5.74, 6) is 1.88. The van der Waals surface area contributed by atoms with Crippen LogP contribution in [0.1, 0.15) is 19.8 Å². The third kappa shape index (κ3) is 2.12. The summed E-state index contributed by atoms with van der Waals surface area (Å²) in [5.41, 5.74) is 0. The van der Waals surface area contributed by atoms with Crippen molar-refractivity contribution in [3.05, 3.63) is 17.0 Å². The first kappa shape index (κ1) is 9.65. The van der Waals surface area contributed by atoms with E-state index in [9.17, 15) is 0 Å². The third-order valence-corrected chi connectivity index (χ3v) is 2.89. The number of rotatable bonds is 1. The van der Waals surface area contributed by atoms with Crippen molar-refractivity contribution in [3.63, 3.8) is 0 Å². The minimum absolute atomic E-state index is 0.664. The predicted molar refractivity (Wildman–Crippen MR) is 60.0 cm³/mol. The summed E-state index contributed by atoms with van der Waals surface area (Å²) >= 11 is 5.04. The van der Waals surface area contributed by atoms with Crippen LogP contribution in [0.4, 0.5) is 5.82 Å². The SMILES string of the molecule is CC1CCCN(c2cc(=S)nc[nH]2)C1. The first-order chi connectivity index (χ1) is 6.75. The van der Waals surface area contributed by atoms with E-state index in [1.807, 2.05) is 6.07 Å². The first-order valence-electron chi connectivity index (χ1n) is 5.05. The summed E-state index contributed by atoms with van der Waals surface area (Å²) < 4.78 is 0.664. The van der Waals surface area contributed by atoms with Gasteiger partial charge in [0.05, 0.1) is 6.33 Å². The Hall–Kier alpha value is -0.900. The molecular weight excluding hydrogens is 194 g/mol. The molecule has 0 aromatic carbocycles. The monoisotopic (exact) mass is 209 g/mol. The van der Waals surface area contributed by atoms with Gasteiger partial charge in [-0.05, 0) is 18.8 Å². The summed E-state index contributed by atoms with van der Waals surface area (Å²) in [6.45, 7) is 4.54. The van der Waals surface area contributed by atoms with Crippen LogP contribution in [0.2, 0.25) is 0 Å². The van der Waals surface area contributed by atoms with Crippen molar-refractivity contribution in [1.82, 2.24) is 9.97 Å². The van der Waals surface area contributed by atoms with Crippen LogP contribution in [0.25, 0.3) is 0 Å². The molecule has 4 heteroatoms. The number of piperidine rings is 1. The van der Waals surface area contributed by atoms with Crippen LogP contribution in [-0.4, -0.2) is 23.1 Å². The largest absolute Gasteiger partial charge is 0.358 e. The average Bonchev–Trinajstić information content (AvgIpc) is 2.18. The van der Waals surface area contributed by atoms with Gasteiger partial charge in [0, 0.05) is 19.2 Å². The Bertz CT molecular complexity index is 360. The molecule has 1 aliphatic heterocycles. The van der Waals surface area contributed by atoms with Gasteiger partial charge in [0.25, 0.3) is 0 Å². The Morgan fingerprint density at radius 3 is 3.21 bits per heavy atom. The summed E-state index contributed by atoms with van der Waals surface area (Å²) in [7, 11) is 0. The zero-order valence-corrected chi connectivity index (χ0v) is 9.18. The van der Waals surface area contributed by atoms with Gasteiger partial charge in [-0.2, -0.15) is 0 Å². The highest BCUT2D eigenvalue weighted by molar-refractivity contribution is 7.71. The van der Waals surface area contributed by atoms with Crippen molar-refractivity contribution in [1.29, 1.82) is 0 Å². The van der Waals surface area contributed by atoms with Crippen molar-refractivity contribution in [2.75, 3.05) is 18.0 Å². The van der Waals surface area contributed by atoms with Gasteiger partial charge < -0.3 is 9.88 Å². The van der Waals surface area contributed by atoms with E-state index in [0.717, 1.165) is 24.8 Å². The van der Waals surface area contributed by atoms with Gasteiger partial charge in [0.15, 0.2) is 0 Å². The van der Waals surface area contributed by atoms with E-state index in [2.05, 4.69) is 21.8 Å². The lowest BCUT2D eigenvalue weighted by Gasteiger charge is -2.32. The zero-order valence-electron chi connectivity index (χ0n) is 8.36. The predicted octanol–water partition coefficient (Wildman–Crippen LogP) is 2.38. The second-order valence-electron chi connectivity index (χ2n) is 3.96. The van der Waals surface area contributed by atoms with E-state index >= 15 is 0 Å². The molecule has 0 amide bonds. The van der Waals surface area contributed by atoms with Crippen molar-refractivity contribution in [2.45, 2.75) is 19.8 Å². The molecule has 1 atom stereocenters. The number of aromatic nitrogens is 2. The van der Waals surface area contributed by atoms with Gasteiger partial charge in [0.2, 0.25) is 0 Å². The molecule has 2 rings (SSSR count). The fourth-order valence-corrected chi connectivity index (χ4v) is 2.11. The van der Waals surface area contributed by atoms with E-state index in [0.29, 0.717) is 4.64 Å². The molecule has 1 saturated heterocycles. The van der Waals surface area contributed by atoms with Crippen LogP contribution in [-0.2, 0) is 0 Å². The van der Waals surface area contributed by atoms with Crippen molar-refractivity contribution >= 4 is 18.0 Å². The molecule has 2 heterocycles. The normalized spacial score (nSPS) is 22.4. The van der Waals surface area contributed by atoms with E-state index < -0.39 is 0 Å². The Morgan fingerprint density at radius 2 is 2.50 bits per heavy atom. The van der Waals surface area contributed by atoms with Gasteiger partial charge >= 0.3 is 0 Å². The lowest BCUT2D eigenvalue weighted by atomic mass is 10.0. The summed E-state index contributed by atoms with van der Waals surface area (Å²) in [4.78, 5) is 9.49. The number of H-pyrrole nitrogens is 1. The van der Waals surface area contributed by atoms with Crippen molar-refractivity contribution < 1.29 is 0 Å². The van der Waals surface area contributed by atoms with Crippen molar-refractivity contribution in [3.8, 4) is 0 Å². The Balaban J connectivity index is 2.18. The van der Waals surface area contributed by atoms with Gasteiger partial charge in [-0.1, -0.05) is 19.1 Å². The number of nitrogens with one attached hydrogen (secondary N) is 1. The minimum Gasteiger partial charge on any atom is -0.358 e. The van der Waals surface area contributed by atoms with E-state index in [1.165, 1.54) is 12.8 Å². The molecule has 3 nitrogen and oxygen atoms in total. The first-order valence-corrected chi connectivity index (χ1v) is 5.46. The molecule has 1 N–H and O–H groups in total. The summed E-state index contributed by atoms with van der Waals surface area (Å²) in [6.07, 6.45) is 4.28. The molecule has 1 aromatic rings. The van der Waals surface area contributed by atoms with Crippen LogP contribution in [0.15, 0.2) is 12.4 Å². The molecule has 1 fully saturated rings. The molecule has 0 aliphatic carbocycles. The summed E-state index contributed by atoms with van der Waals surface area (Å²) in [6, 6.07) is 1.94. The number of hydrogen-bond acceptors (Lipinski definition) is 3. The molecule has 14 heavy (non-hydrogen) atoms. The average molecular weight is 209 g/mol. The van der Waals surface area contributed by atoms with Gasteiger partial charge in [-0.25, -0.2) is 4.98 Å². The number of nitrogens with zero attached hydrogens (tertiary/aromatic N) is 2. The highest BCUT2D eigenvalue weighted by atomic mass is 32.1. The van der Waals surface area contributed by atoms with Crippen molar-refractivity contribution in [2.24, 2.45) is 5.92 Å². The molecule has 1 aromatic heterocycles. The van der Waals surface area contributed by atoms with Crippen LogP contribution in [0, 0.1) is 10.6 Å². The van der Waals surface area contributed by atoms with Crippen LogP contribution in [0.3, 0.4) is 0 Å². The van der Waals surface area contributed by atoms with E-state index in [1.54, 1.807) is 6.33 Å². The van der Waals surface area contributed by atoms with Gasteiger partial charge in [-0.3, -0.25) is 0 Å². The second-order valence-corrected chi connectivity index (χ2v) is 4.38. The Kier molecular flexibility index (Phi) is 2.82. The van der Waals surface area contributed by atoms with E-state index in [-0.39, 0.29) is 0 Å². The molecule has 1 aliphatic rings. The molecule has 0 radical (unpaired) electrons. The molecule has 0 spiro atoms. The quantitative estimate of drug-likeness (QED) is 0.721. The molecular formula is C10H15N3S. The molecule has 0 saturated carbocycles. The van der Waals surface area contributed by atoms with Crippen LogP contribution >= 0.6 is 12.2 Å². The maximum Gasteiger partial charge on any atom is 0.131 e. The lowest BCUT2D eigenvalue weighted by Crippen LogP contribution is -2.34. The third-order valence-electron chi connectivity index (χ3n) is 2.66. The topological polar surface area (TPSA) is 31.9 Å². The highest BCUT2D eigenvalue weighted by Gasteiger charge is 2.16. The van der Waals surface area contributed by atoms with Gasteiger partial charge in [0.1, 0.15) is 10.5 Å². The van der Waals surface area contributed by atoms with Gasteiger partial charge in [-0.15, -0.1) is 0 Å². The Labute approximate surface area is 89.2 Å². The zero-order chi connectivity index (χ0) is 9.97. The number of aromatic amines is 1. The van der Waals surface area contributed by atoms with Crippen LogP contribution < -0.4 is 4.90 Å². The standard InChI is InChI=1S/C10H15N3S/c1-8-3-2-4-13(6-8)9-5-10(14)12-7-11-9/h5,7-8H,2-4,6H2,1H3,(H,11,12,14). The number of hydrogen-bond donors (Lipinski definition) is 1. The molecule has 76 valence electrons. The minimum atomic E-state index is 0.664. The Morgan fingerprint density at radius 1 is 1.64 bits per heavy atom. The molecule has 1 unspecified atom stereocenters. The smallest absolute Gasteiger partial charge is 0.131 e. The fraction of sp³-hybridized carbons (Fsp3) is 0.600. The fourth-order valence-electron chi connectivity index (χ4n) is 1.95. The highest BCUT2D eigenvalue weighted by Crippen LogP contribution is 2.20. The lowest BCUT2D eigenvalue weighted by molar-refractivity contribution is 0.444. The maximum atomic E-state index is 5.04.